The van der Waals surface area contributed by atoms with E-state index in [9.17, 15) is 0 Å². The van der Waals surface area contributed by atoms with Gasteiger partial charge in [0.1, 0.15) is 5.82 Å². The quantitative estimate of drug-likeness (QED) is 0.383. The molecule has 0 saturated heterocycles. The van der Waals surface area contributed by atoms with Gasteiger partial charge in [-0.05, 0) is 17.3 Å². The third-order valence-corrected chi connectivity index (χ3v) is 2.61. The second-order valence-corrected chi connectivity index (χ2v) is 3.79. The molecule has 0 amide bonds. The molecule has 0 atom stereocenters. The molecule has 2 rings (SSSR count). The predicted octanol–water partition coefficient (Wildman–Crippen LogP) is 3.53. The summed E-state index contributed by atoms with van der Waals surface area (Å²) in [5, 5.41) is 5.50. The van der Waals surface area contributed by atoms with Crippen LogP contribution < -0.4 is 5.73 Å². The minimum absolute atomic E-state index is 0.466. The van der Waals surface area contributed by atoms with Gasteiger partial charge in [0, 0.05) is 28.6 Å². The molecule has 2 aromatic rings. The first-order valence-corrected chi connectivity index (χ1v) is 5.63. The Bertz CT molecular complexity index is 626. The SMILES string of the molecule is [N-]=[N+]=NCCC=Cc1cnc(N)c2ccccc12. The minimum Gasteiger partial charge on any atom is -0.383 e. The molecule has 0 aliphatic rings. The maximum atomic E-state index is 8.16. The van der Waals surface area contributed by atoms with Crippen LogP contribution in [0.1, 0.15) is 12.0 Å². The normalized spacial score (nSPS) is 10.7. The van der Waals surface area contributed by atoms with Crippen LogP contribution in [0.2, 0.25) is 0 Å². The largest absolute Gasteiger partial charge is 0.383 e. The molecule has 0 aliphatic heterocycles. The second kappa shape index (κ2) is 5.70. The van der Waals surface area contributed by atoms with E-state index in [1.165, 1.54) is 0 Å². The highest BCUT2D eigenvalue weighted by Gasteiger charge is 2.01. The Morgan fingerprint density at radius 3 is 2.89 bits per heavy atom. The maximum absolute atomic E-state index is 8.16. The van der Waals surface area contributed by atoms with Crippen LogP contribution >= 0.6 is 0 Å². The van der Waals surface area contributed by atoms with Gasteiger partial charge >= 0.3 is 0 Å². The molecule has 0 saturated carbocycles. The first-order chi connectivity index (χ1) is 8.83. The number of benzene rings is 1. The molecule has 1 heterocycles. The lowest BCUT2D eigenvalue weighted by Crippen LogP contribution is -1.92. The van der Waals surface area contributed by atoms with Gasteiger partial charge in [-0.2, -0.15) is 0 Å². The monoisotopic (exact) mass is 239 g/mol. The van der Waals surface area contributed by atoms with Crippen molar-refractivity contribution in [3.8, 4) is 0 Å². The fourth-order valence-electron chi connectivity index (χ4n) is 1.76. The predicted molar refractivity (Wildman–Crippen MR) is 73.8 cm³/mol. The Morgan fingerprint density at radius 1 is 1.33 bits per heavy atom. The van der Waals surface area contributed by atoms with Gasteiger partial charge in [0.2, 0.25) is 0 Å². The highest BCUT2D eigenvalue weighted by Crippen LogP contribution is 2.23. The van der Waals surface area contributed by atoms with Crippen molar-refractivity contribution in [3.05, 3.63) is 52.5 Å². The molecule has 0 radical (unpaired) electrons. The zero-order chi connectivity index (χ0) is 12.8. The summed E-state index contributed by atoms with van der Waals surface area (Å²) in [6, 6.07) is 7.88. The molecule has 5 nitrogen and oxygen atoms in total. The Balaban J connectivity index is 2.28. The van der Waals surface area contributed by atoms with E-state index in [4.69, 9.17) is 11.3 Å². The molecule has 1 aromatic carbocycles. The third kappa shape index (κ3) is 2.59. The zero-order valence-electron chi connectivity index (χ0n) is 9.82. The van der Waals surface area contributed by atoms with Gasteiger partial charge in [-0.15, -0.1) is 0 Å². The van der Waals surface area contributed by atoms with Gasteiger partial charge in [0.15, 0.2) is 0 Å². The molecule has 1 aromatic heterocycles. The maximum Gasteiger partial charge on any atom is 0.131 e. The van der Waals surface area contributed by atoms with E-state index >= 15 is 0 Å². The number of hydrogen-bond acceptors (Lipinski definition) is 3. The number of anilines is 1. The smallest absolute Gasteiger partial charge is 0.131 e. The molecular formula is C13H13N5. The van der Waals surface area contributed by atoms with Crippen molar-refractivity contribution in [2.75, 3.05) is 12.3 Å². The van der Waals surface area contributed by atoms with E-state index in [0.717, 1.165) is 16.3 Å². The Labute approximate surface area is 105 Å². The summed E-state index contributed by atoms with van der Waals surface area (Å²) in [7, 11) is 0. The lowest BCUT2D eigenvalue weighted by atomic mass is 10.1. The number of nitrogens with zero attached hydrogens (tertiary/aromatic N) is 4. The minimum atomic E-state index is 0.466. The lowest BCUT2D eigenvalue weighted by molar-refractivity contribution is 0.996. The first-order valence-electron chi connectivity index (χ1n) is 5.63. The summed E-state index contributed by atoms with van der Waals surface area (Å²) in [6.07, 6.45) is 6.40. The number of pyridine rings is 1. The summed E-state index contributed by atoms with van der Waals surface area (Å²) in [5.41, 5.74) is 15.0. The summed E-state index contributed by atoms with van der Waals surface area (Å²) in [6.45, 7) is 0.466. The van der Waals surface area contributed by atoms with E-state index in [1.54, 1.807) is 6.20 Å². The van der Waals surface area contributed by atoms with E-state index in [0.29, 0.717) is 18.8 Å². The van der Waals surface area contributed by atoms with Crippen LogP contribution in [0.25, 0.3) is 27.3 Å². The van der Waals surface area contributed by atoms with Crippen LogP contribution in [0.5, 0.6) is 0 Å². The van der Waals surface area contributed by atoms with E-state index in [1.807, 2.05) is 36.4 Å². The van der Waals surface area contributed by atoms with Gasteiger partial charge < -0.3 is 5.73 Å². The number of aromatic nitrogens is 1. The van der Waals surface area contributed by atoms with Crippen molar-refractivity contribution < 1.29 is 0 Å². The lowest BCUT2D eigenvalue weighted by Gasteiger charge is -2.04. The number of nitrogens with two attached hydrogens (primary N) is 1. The Morgan fingerprint density at radius 2 is 2.11 bits per heavy atom. The average Bonchev–Trinajstić information content (AvgIpc) is 2.41. The fraction of sp³-hybridized carbons (Fsp3) is 0.154. The number of rotatable bonds is 4. The van der Waals surface area contributed by atoms with Gasteiger partial charge in [-0.1, -0.05) is 41.5 Å². The molecule has 90 valence electrons. The summed E-state index contributed by atoms with van der Waals surface area (Å²) in [4.78, 5) is 6.87. The Kier molecular flexibility index (Phi) is 3.79. The molecule has 2 N–H and O–H groups in total. The number of hydrogen-bond donors (Lipinski definition) is 1. The van der Waals surface area contributed by atoms with Crippen LogP contribution in [-0.4, -0.2) is 11.5 Å². The molecule has 0 aliphatic carbocycles. The number of nitrogen functional groups attached to an aromatic ring is 1. The number of fused-ring (bicyclic) bond motifs is 1. The second-order valence-electron chi connectivity index (χ2n) is 3.79. The van der Waals surface area contributed by atoms with Crippen LogP contribution in [0.4, 0.5) is 5.82 Å². The first kappa shape index (κ1) is 12.0. The topological polar surface area (TPSA) is 87.7 Å². The van der Waals surface area contributed by atoms with Crippen molar-refractivity contribution in [1.29, 1.82) is 0 Å². The van der Waals surface area contributed by atoms with Crippen LogP contribution in [0, 0.1) is 0 Å². The molecule has 0 fully saturated rings. The summed E-state index contributed by atoms with van der Waals surface area (Å²) >= 11 is 0. The average molecular weight is 239 g/mol. The highest BCUT2D eigenvalue weighted by atomic mass is 15.1. The van der Waals surface area contributed by atoms with E-state index in [-0.39, 0.29) is 0 Å². The molecule has 0 unspecified atom stereocenters. The summed E-state index contributed by atoms with van der Waals surface area (Å²) < 4.78 is 0. The van der Waals surface area contributed by atoms with Crippen molar-refractivity contribution in [1.82, 2.24) is 4.98 Å². The van der Waals surface area contributed by atoms with Crippen molar-refractivity contribution >= 4 is 22.7 Å². The van der Waals surface area contributed by atoms with Crippen molar-refractivity contribution in [2.45, 2.75) is 6.42 Å². The van der Waals surface area contributed by atoms with Gasteiger partial charge in [-0.25, -0.2) is 4.98 Å². The van der Waals surface area contributed by atoms with E-state index in [2.05, 4.69) is 15.0 Å². The van der Waals surface area contributed by atoms with Crippen molar-refractivity contribution in [3.63, 3.8) is 0 Å². The van der Waals surface area contributed by atoms with Crippen LogP contribution in [-0.2, 0) is 0 Å². The standard InChI is InChI=1S/C13H13N5/c14-13-12-7-2-1-6-11(12)10(9-16-13)5-3-4-8-17-18-15/h1-3,5-7,9H,4,8H2,(H2,14,16). The molecular weight excluding hydrogens is 226 g/mol. The molecule has 0 spiro atoms. The van der Waals surface area contributed by atoms with E-state index < -0.39 is 0 Å². The van der Waals surface area contributed by atoms with Crippen LogP contribution in [0.3, 0.4) is 0 Å². The van der Waals surface area contributed by atoms with Gasteiger partial charge in [0.25, 0.3) is 0 Å². The van der Waals surface area contributed by atoms with Gasteiger partial charge in [0.05, 0.1) is 0 Å². The van der Waals surface area contributed by atoms with Crippen LogP contribution in [0.15, 0.2) is 41.7 Å². The van der Waals surface area contributed by atoms with Gasteiger partial charge in [-0.3, -0.25) is 0 Å². The third-order valence-electron chi connectivity index (χ3n) is 2.61. The molecule has 5 heteroatoms. The molecule has 18 heavy (non-hydrogen) atoms. The Hall–Kier alpha value is -2.52. The zero-order valence-corrected chi connectivity index (χ0v) is 9.82. The highest BCUT2D eigenvalue weighted by molar-refractivity contribution is 5.96. The fourth-order valence-corrected chi connectivity index (χ4v) is 1.76. The summed E-state index contributed by atoms with van der Waals surface area (Å²) in [5.74, 6) is 0.539. The molecule has 0 bridgehead atoms. The van der Waals surface area contributed by atoms with Crippen molar-refractivity contribution in [2.24, 2.45) is 5.11 Å². The number of azide groups is 1.